The van der Waals surface area contributed by atoms with Gasteiger partial charge in [0.2, 0.25) is 0 Å². The van der Waals surface area contributed by atoms with E-state index >= 15 is 0 Å². The minimum Gasteiger partial charge on any atom is -0.278 e. The second-order valence-electron chi connectivity index (χ2n) is 3.49. The summed E-state index contributed by atoms with van der Waals surface area (Å²) >= 11 is 5.00. The first-order chi connectivity index (χ1) is 4.91. The summed E-state index contributed by atoms with van der Waals surface area (Å²) in [5.74, 6) is 0. The van der Waals surface area contributed by atoms with Gasteiger partial charge in [-0.1, -0.05) is 20.8 Å². The summed E-state index contributed by atoms with van der Waals surface area (Å²) < 4.78 is 1.10. The first-order valence-corrected chi connectivity index (χ1v) is 5.00. The maximum atomic E-state index is 5.61. The molecule has 0 atom stereocenters. The maximum absolute atomic E-state index is 5.61. The molecule has 11 heavy (non-hydrogen) atoms. The van der Waals surface area contributed by atoms with Gasteiger partial charge in [0, 0.05) is 5.41 Å². The quantitative estimate of drug-likeness (QED) is 0.737. The maximum Gasteiger partial charge on any atom is 0.330 e. The van der Waals surface area contributed by atoms with Crippen LogP contribution in [0.15, 0.2) is 3.79 Å². The number of hydrogen-bond donors (Lipinski definition) is 1. The molecule has 0 bridgehead atoms. The Balaban J connectivity index is 3.13. The van der Waals surface area contributed by atoms with E-state index in [0.717, 1.165) is 8.92 Å². The van der Waals surface area contributed by atoms with E-state index in [2.05, 4.69) is 41.7 Å². The van der Waals surface area contributed by atoms with Crippen LogP contribution in [0.4, 0.5) is 5.13 Å². The van der Waals surface area contributed by atoms with Gasteiger partial charge in [-0.15, -0.1) is 0 Å². The predicted octanol–water partition coefficient (Wildman–Crippen LogP) is 2.20. The summed E-state index contributed by atoms with van der Waals surface area (Å²) in [6, 6.07) is 0. The number of nitrogens with two attached hydrogens (primary N) is 1. The molecule has 1 aromatic rings. The first kappa shape index (κ1) is 9.00. The van der Waals surface area contributed by atoms with Gasteiger partial charge in [0.05, 0.1) is 0 Å². The minimum atomic E-state index is 0.132. The average molecular weight is 236 g/mol. The van der Waals surface area contributed by atoms with Gasteiger partial charge in [0.15, 0.2) is 0 Å². The summed E-state index contributed by atoms with van der Waals surface area (Å²) in [7, 11) is 0. The van der Waals surface area contributed by atoms with Crippen molar-refractivity contribution in [2.24, 2.45) is 0 Å². The lowest BCUT2D eigenvalue weighted by Crippen LogP contribution is -2.23. The van der Waals surface area contributed by atoms with Gasteiger partial charge in [-0.2, -0.15) is 0 Å². The Kier molecular flexibility index (Phi) is 2.25. The van der Waals surface area contributed by atoms with Crippen LogP contribution in [0.25, 0.3) is 0 Å². The van der Waals surface area contributed by atoms with Gasteiger partial charge < -0.3 is 0 Å². The molecule has 1 aromatic heterocycles. The fourth-order valence-electron chi connectivity index (χ4n) is 0.828. The molecule has 0 aliphatic carbocycles. The molecule has 1 heterocycles. The number of nitrogens with one attached hydrogen (secondary N) is 1. The molecule has 2 nitrogen and oxygen atoms in total. The Morgan fingerprint density at radius 2 is 2.00 bits per heavy atom. The fourth-order valence-corrected chi connectivity index (χ4v) is 2.85. The second-order valence-corrected chi connectivity index (χ2v) is 5.86. The highest BCUT2D eigenvalue weighted by molar-refractivity contribution is 9.11. The van der Waals surface area contributed by atoms with Gasteiger partial charge >= 0.3 is 5.13 Å². The number of aromatic amines is 1. The predicted molar refractivity (Wildman–Crippen MR) is 51.7 cm³/mol. The van der Waals surface area contributed by atoms with E-state index in [4.69, 9.17) is 5.73 Å². The highest BCUT2D eigenvalue weighted by atomic mass is 79.9. The number of aromatic nitrogens is 1. The number of halogens is 1. The van der Waals surface area contributed by atoms with Crippen LogP contribution in [0.2, 0.25) is 0 Å². The van der Waals surface area contributed by atoms with Gasteiger partial charge in [-0.25, -0.2) is 4.98 Å². The monoisotopic (exact) mass is 235 g/mol. The van der Waals surface area contributed by atoms with E-state index in [9.17, 15) is 0 Å². The minimum absolute atomic E-state index is 0.132. The molecule has 0 spiro atoms. The van der Waals surface area contributed by atoms with Crippen molar-refractivity contribution in [3.8, 4) is 0 Å². The van der Waals surface area contributed by atoms with Gasteiger partial charge in [0.25, 0.3) is 0 Å². The van der Waals surface area contributed by atoms with E-state index < -0.39 is 0 Å². The molecule has 0 unspecified atom stereocenters. The summed E-state index contributed by atoms with van der Waals surface area (Å²) in [6.07, 6.45) is 0. The van der Waals surface area contributed by atoms with Crippen molar-refractivity contribution < 1.29 is 4.98 Å². The van der Waals surface area contributed by atoms with E-state index in [1.807, 2.05) is 0 Å². The third-order valence-electron chi connectivity index (χ3n) is 1.39. The molecule has 0 aromatic carbocycles. The number of nitrogen functional groups attached to an aromatic ring is 1. The average Bonchev–Trinajstić information content (AvgIpc) is 2.08. The van der Waals surface area contributed by atoms with Gasteiger partial charge in [0.1, 0.15) is 9.48 Å². The van der Waals surface area contributed by atoms with Crippen molar-refractivity contribution in [1.82, 2.24) is 0 Å². The molecular formula is C7H12BrN2S+. The lowest BCUT2D eigenvalue weighted by atomic mass is 9.93. The molecule has 0 fully saturated rings. The third-order valence-corrected chi connectivity index (χ3v) is 2.98. The largest absolute Gasteiger partial charge is 0.330 e. The normalized spacial score (nSPS) is 12.0. The Morgan fingerprint density at radius 1 is 1.45 bits per heavy atom. The Morgan fingerprint density at radius 3 is 2.18 bits per heavy atom. The Labute approximate surface area is 79.0 Å². The van der Waals surface area contributed by atoms with Crippen molar-refractivity contribution in [2.75, 3.05) is 5.73 Å². The molecule has 0 saturated carbocycles. The van der Waals surface area contributed by atoms with E-state index in [0.29, 0.717) is 0 Å². The van der Waals surface area contributed by atoms with Crippen molar-refractivity contribution >= 4 is 32.4 Å². The summed E-state index contributed by atoms with van der Waals surface area (Å²) in [6.45, 7) is 6.45. The van der Waals surface area contributed by atoms with Crippen LogP contribution in [0.5, 0.6) is 0 Å². The molecule has 0 amide bonds. The number of thiazole rings is 1. The van der Waals surface area contributed by atoms with Crippen molar-refractivity contribution in [2.45, 2.75) is 26.2 Å². The smallest absolute Gasteiger partial charge is 0.278 e. The SMILES string of the molecule is CC(C)(C)c1[nH+]c(N)sc1Br. The summed E-state index contributed by atoms with van der Waals surface area (Å²) in [4.78, 5) is 3.13. The molecule has 4 heteroatoms. The second kappa shape index (κ2) is 2.75. The highest BCUT2D eigenvalue weighted by Crippen LogP contribution is 2.31. The molecule has 0 aliphatic rings. The molecule has 0 radical (unpaired) electrons. The summed E-state index contributed by atoms with van der Waals surface area (Å²) in [5, 5.41) is 0.752. The van der Waals surface area contributed by atoms with Crippen molar-refractivity contribution in [3.05, 3.63) is 9.48 Å². The Bertz CT molecular complexity index is 262. The van der Waals surface area contributed by atoms with E-state index in [-0.39, 0.29) is 5.41 Å². The van der Waals surface area contributed by atoms with Crippen LogP contribution < -0.4 is 10.7 Å². The van der Waals surface area contributed by atoms with Crippen LogP contribution >= 0.6 is 27.3 Å². The Hall–Kier alpha value is -0.0900. The molecule has 3 N–H and O–H groups in total. The fraction of sp³-hybridized carbons (Fsp3) is 0.571. The lowest BCUT2D eigenvalue weighted by molar-refractivity contribution is -0.374. The molecule has 62 valence electrons. The van der Waals surface area contributed by atoms with E-state index in [1.54, 1.807) is 0 Å². The highest BCUT2D eigenvalue weighted by Gasteiger charge is 2.24. The standard InChI is InChI=1S/C7H11BrN2S/c1-7(2,3)4-5(8)11-6(9)10-4/h1-3H3,(H2,9,10)/p+1. The number of rotatable bonds is 0. The summed E-state index contributed by atoms with van der Waals surface area (Å²) in [5.41, 5.74) is 6.91. The number of hydrogen-bond acceptors (Lipinski definition) is 2. The zero-order chi connectivity index (χ0) is 8.65. The third kappa shape index (κ3) is 1.93. The first-order valence-electron chi connectivity index (χ1n) is 3.39. The van der Waals surface area contributed by atoms with Crippen molar-refractivity contribution in [3.63, 3.8) is 0 Å². The topological polar surface area (TPSA) is 40.2 Å². The zero-order valence-electron chi connectivity index (χ0n) is 6.86. The van der Waals surface area contributed by atoms with Crippen LogP contribution in [-0.2, 0) is 5.41 Å². The van der Waals surface area contributed by atoms with Gasteiger partial charge in [-0.05, 0) is 27.3 Å². The molecular weight excluding hydrogens is 224 g/mol. The van der Waals surface area contributed by atoms with Crippen LogP contribution in [-0.4, -0.2) is 0 Å². The van der Waals surface area contributed by atoms with Crippen LogP contribution in [0, 0.1) is 0 Å². The molecule has 0 saturated heterocycles. The van der Waals surface area contributed by atoms with E-state index in [1.165, 1.54) is 17.0 Å². The lowest BCUT2D eigenvalue weighted by Gasteiger charge is -2.12. The number of anilines is 1. The van der Waals surface area contributed by atoms with Crippen LogP contribution in [0.1, 0.15) is 26.5 Å². The van der Waals surface area contributed by atoms with Crippen LogP contribution in [0.3, 0.4) is 0 Å². The van der Waals surface area contributed by atoms with Gasteiger partial charge in [-0.3, -0.25) is 5.73 Å². The van der Waals surface area contributed by atoms with Crippen molar-refractivity contribution in [1.29, 1.82) is 0 Å². The zero-order valence-corrected chi connectivity index (χ0v) is 9.27. The molecule has 0 aliphatic heterocycles. The number of H-pyrrole nitrogens is 1. The molecule has 1 rings (SSSR count).